The van der Waals surface area contributed by atoms with Crippen molar-refractivity contribution in [3.63, 3.8) is 0 Å². The Hall–Kier alpha value is -1.000. The molecule has 5 heteroatoms. The second-order valence-corrected chi connectivity index (χ2v) is 4.60. The fraction of sp³-hybridized carbons (Fsp3) is 0.182. The Kier molecular flexibility index (Phi) is 3.51. The number of nitrogens with zero attached hydrogens (tertiary/aromatic N) is 2. The van der Waals surface area contributed by atoms with Gasteiger partial charge in [-0.1, -0.05) is 17.7 Å². The average molecular weight is 301 g/mol. The molecule has 0 unspecified atom stereocenters. The van der Waals surface area contributed by atoms with Gasteiger partial charge in [0.2, 0.25) is 0 Å². The van der Waals surface area contributed by atoms with Gasteiger partial charge in [0.15, 0.2) is 0 Å². The number of aryl methyl sites for hydroxylation is 1. The van der Waals surface area contributed by atoms with Crippen LogP contribution in [-0.2, 0) is 13.6 Å². The van der Waals surface area contributed by atoms with E-state index < -0.39 is 0 Å². The van der Waals surface area contributed by atoms with Crippen LogP contribution in [0.25, 0.3) is 0 Å². The standard InChI is InChI=1S/C11H11BrClN3/c1-16-8(5-6-15-16)7-14-10-4-2-3-9(13)11(10)12/h2-6,14H,7H2,1H3. The van der Waals surface area contributed by atoms with Crippen molar-refractivity contribution in [2.24, 2.45) is 7.05 Å². The van der Waals surface area contributed by atoms with Crippen molar-refractivity contribution in [3.8, 4) is 0 Å². The van der Waals surface area contributed by atoms with E-state index in [1.807, 2.05) is 36.0 Å². The quantitative estimate of drug-likeness (QED) is 0.941. The second-order valence-electron chi connectivity index (χ2n) is 3.40. The van der Waals surface area contributed by atoms with Gasteiger partial charge in [-0.15, -0.1) is 0 Å². The molecular formula is C11H11BrClN3. The summed E-state index contributed by atoms with van der Waals surface area (Å²) in [6.45, 7) is 0.718. The molecule has 1 aromatic heterocycles. The zero-order chi connectivity index (χ0) is 11.5. The van der Waals surface area contributed by atoms with E-state index in [9.17, 15) is 0 Å². The summed E-state index contributed by atoms with van der Waals surface area (Å²) in [5, 5.41) is 8.12. The third-order valence-corrected chi connectivity index (χ3v) is 3.73. The molecule has 0 fully saturated rings. The molecule has 0 radical (unpaired) electrons. The molecule has 0 atom stereocenters. The second kappa shape index (κ2) is 4.89. The number of hydrogen-bond donors (Lipinski definition) is 1. The zero-order valence-electron chi connectivity index (χ0n) is 8.74. The summed E-state index contributed by atoms with van der Waals surface area (Å²) in [5.74, 6) is 0. The average Bonchev–Trinajstić information content (AvgIpc) is 2.67. The molecule has 0 aliphatic carbocycles. The molecule has 1 aromatic carbocycles. The summed E-state index contributed by atoms with van der Waals surface area (Å²) < 4.78 is 2.73. The van der Waals surface area contributed by atoms with Gasteiger partial charge in [-0.2, -0.15) is 5.10 Å². The molecule has 1 N–H and O–H groups in total. The minimum atomic E-state index is 0.704. The van der Waals surface area contributed by atoms with Crippen LogP contribution in [0.4, 0.5) is 5.69 Å². The van der Waals surface area contributed by atoms with Crippen LogP contribution in [0.5, 0.6) is 0 Å². The first-order chi connectivity index (χ1) is 7.68. The maximum Gasteiger partial charge on any atom is 0.0593 e. The van der Waals surface area contributed by atoms with Gasteiger partial charge in [-0.3, -0.25) is 4.68 Å². The van der Waals surface area contributed by atoms with E-state index in [4.69, 9.17) is 11.6 Å². The van der Waals surface area contributed by atoms with Crippen molar-refractivity contribution in [1.29, 1.82) is 0 Å². The van der Waals surface area contributed by atoms with E-state index in [-0.39, 0.29) is 0 Å². The van der Waals surface area contributed by atoms with Crippen LogP contribution < -0.4 is 5.32 Å². The number of halogens is 2. The van der Waals surface area contributed by atoms with Gasteiger partial charge in [0.1, 0.15) is 0 Å². The lowest BCUT2D eigenvalue weighted by Crippen LogP contribution is -2.05. The molecule has 0 aliphatic rings. The summed E-state index contributed by atoms with van der Waals surface area (Å²) in [4.78, 5) is 0. The molecule has 0 spiro atoms. The van der Waals surface area contributed by atoms with E-state index in [1.165, 1.54) is 0 Å². The first kappa shape index (κ1) is 11.5. The lowest BCUT2D eigenvalue weighted by atomic mass is 10.3. The maximum absolute atomic E-state index is 6.00. The summed E-state index contributed by atoms with van der Waals surface area (Å²) >= 11 is 9.45. The third-order valence-electron chi connectivity index (χ3n) is 2.33. The van der Waals surface area contributed by atoms with E-state index in [0.717, 1.165) is 22.4 Å². The molecule has 1 heterocycles. The van der Waals surface area contributed by atoms with Crippen LogP contribution in [0.2, 0.25) is 5.02 Å². The zero-order valence-corrected chi connectivity index (χ0v) is 11.1. The Morgan fingerprint density at radius 2 is 2.25 bits per heavy atom. The molecule has 0 bridgehead atoms. The number of benzene rings is 1. The highest BCUT2D eigenvalue weighted by atomic mass is 79.9. The molecule has 3 nitrogen and oxygen atoms in total. The molecule has 2 rings (SSSR count). The highest BCUT2D eigenvalue weighted by Crippen LogP contribution is 2.30. The minimum Gasteiger partial charge on any atom is -0.378 e. The van der Waals surface area contributed by atoms with Crippen LogP contribution in [0.1, 0.15) is 5.69 Å². The number of hydrogen-bond acceptors (Lipinski definition) is 2. The Labute approximate surface area is 108 Å². The molecule has 84 valence electrons. The first-order valence-electron chi connectivity index (χ1n) is 4.83. The topological polar surface area (TPSA) is 29.9 Å². The van der Waals surface area contributed by atoms with Gasteiger partial charge in [-0.05, 0) is 34.1 Å². The van der Waals surface area contributed by atoms with Crippen molar-refractivity contribution in [2.45, 2.75) is 6.54 Å². The Bertz CT molecular complexity index is 496. The van der Waals surface area contributed by atoms with Gasteiger partial charge in [-0.25, -0.2) is 0 Å². The molecule has 0 saturated carbocycles. The highest BCUT2D eigenvalue weighted by molar-refractivity contribution is 9.10. The highest BCUT2D eigenvalue weighted by Gasteiger charge is 2.04. The van der Waals surface area contributed by atoms with Crippen LogP contribution in [-0.4, -0.2) is 9.78 Å². The molecule has 16 heavy (non-hydrogen) atoms. The van der Waals surface area contributed by atoms with Crippen molar-refractivity contribution in [2.75, 3.05) is 5.32 Å². The molecule has 0 amide bonds. The molecular weight excluding hydrogens is 289 g/mol. The molecule has 0 saturated heterocycles. The summed E-state index contributed by atoms with van der Waals surface area (Å²) in [5.41, 5.74) is 2.10. The fourth-order valence-electron chi connectivity index (χ4n) is 1.40. The summed E-state index contributed by atoms with van der Waals surface area (Å²) in [6.07, 6.45) is 1.78. The third kappa shape index (κ3) is 2.39. The largest absolute Gasteiger partial charge is 0.378 e. The maximum atomic E-state index is 6.00. The van der Waals surface area contributed by atoms with E-state index in [0.29, 0.717) is 5.02 Å². The van der Waals surface area contributed by atoms with Crippen molar-refractivity contribution >= 4 is 33.2 Å². The van der Waals surface area contributed by atoms with E-state index in [1.54, 1.807) is 6.20 Å². The predicted molar refractivity (Wildman–Crippen MR) is 69.7 cm³/mol. The smallest absolute Gasteiger partial charge is 0.0593 e. The SMILES string of the molecule is Cn1nccc1CNc1cccc(Cl)c1Br. The van der Waals surface area contributed by atoms with Crippen molar-refractivity contribution in [3.05, 3.63) is 45.7 Å². The number of anilines is 1. The number of aromatic nitrogens is 2. The molecule has 0 aliphatic heterocycles. The normalized spacial score (nSPS) is 10.4. The Morgan fingerprint density at radius 1 is 1.44 bits per heavy atom. The van der Waals surface area contributed by atoms with E-state index in [2.05, 4.69) is 26.3 Å². The fourth-order valence-corrected chi connectivity index (χ4v) is 1.98. The van der Waals surface area contributed by atoms with Gasteiger partial charge >= 0.3 is 0 Å². The van der Waals surface area contributed by atoms with Crippen LogP contribution in [0.3, 0.4) is 0 Å². The lowest BCUT2D eigenvalue weighted by Gasteiger charge is -2.09. The van der Waals surface area contributed by atoms with Gasteiger partial charge < -0.3 is 5.32 Å². The predicted octanol–water partition coefficient (Wildman–Crippen LogP) is 3.45. The van der Waals surface area contributed by atoms with Crippen LogP contribution in [0, 0.1) is 0 Å². The number of rotatable bonds is 3. The number of nitrogens with one attached hydrogen (secondary N) is 1. The Balaban J connectivity index is 2.11. The Morgan fingerprint density at radius 3 is 2.94 bits per heavy atom. The first-order valence-corrected chi connectivity index (χ1v) is 6.00. The summed E-state index contributed by atoms with van der Waals surface area (Å²) in [7, 11) is 1.92. The van der Waals surface area contributed by atoms with Crippen molar-refractivity contribution < 1.29 is 0 Å². The minimum absolute atomic E-state index is 0.704. The molecule has 2 aromatic rings. The monoisotopic (exact) mass is 299 g/mol. The van der Waals surface area contributed by atoms with Crippen LogP contribution >= 0.6 is 27.5 Å². The van der Waals surface area contributed by atoms with E-state index >= 15 is 0 Å². The lowest BCUT2D eigenvalue weighted by molar-refractivity contribution is 0.720. The van der Waals surface area contributed by atoms with Crippen molar-refractivity contribution in [1.82, 2.24) is 9.78 Å². The summed E-state index contributed by atoms with van der Waals surface area (Å²) in [6, 6.07) is 7.72. The van der Waals surface area contributed by atoms with Gasteiger partial charge in [0, 0.05) is 13.2 Å². The van der Waals surface area contributed by atoms with Gasteiger partial charge in [0.25, 0.3) is 0 Å². The van der Waals surface area contributed by atoms with Crippen LogP contribution in [0.15, 0.2) is 34.9 Å². The van der Waals surface area contributed by atoms with Gasteiger partial charge in [0.05, 0.1) is 27.4 Å².